The Labute approximate surface area is 135 Å². The fraction of sp³-hybridized carbons (Fsp3) is 0.150. The van der Waals surface area contributed by atoms with E-state index in [1.165, 1.54) is 0 Å². The SMILES string of the molecule is Cc1ccc(C[C@@H](Oc2ccc3ccccc3c2)C(=O)O)cc1. The van der Waals surface area contributed by atoms with E-state index < -0.39 is 12.1 Å². The van der Waals surface area contributed by atoms with Crippen LogP contribution in [0.2, 0.25) is 0 Å². The molecule has 0 aliphatic rings. The van der Waals surface area contributed by atoms with Crippen molar-refractivity contribution in [3.8, 4) is 5.75 Å². The summed E-state index contributed by atoms with van der Waals surface area (Å²) in [5.41, 5.74) is 2.10. The molecule has 0 bridgehead atoms. The third-order valence-electron chi connectivity index (χ3n) is 3.82. The fourth-order valence-corrected chi connectivity index (χ4v) is 2.52. The Balaban J connectivity index is 1.80. The first-order chi connectivity index (χ1) is 11.1. The molecule has 3 aromatic carbocycles. The number of carboxylic acid groups (broad SMARTS) is 1. The Hall–Kier alpha value is -2.81. The first kappa shape index (κ1) is 15.1. The monoisotopic (exact) mass is 306 g/mol. The van der Waals surface area contributed by atoms with Gasteiger partial charge < -0.3 is 9.84 Å². The lowest BCUT2D eigenvalue weighted by Gasteiger charge is -2.16. The van der Waals surface area contributed by atoms with Crippen LogP contribution in [0.5, 0.6) is 5.75 Å². The van der Waals surface area contributed by atoms with Crippen LogP contribution in [0.4, 0.5) is 0 Å². The molecule has 0 saturated heterocycles. The molecule has 3 rings (SSSR count). The fourth-order valence-electron chi connectivity index (χ4n) is 2.52. The highest BCUT2D eigenvalue weighted by molar-refractivity contribution is 5.84. The van der Waals surface area contributed by atoms with Crippen molar-refractivity contribution < 1.29 is 14.6 Å². The molecule has 3 aromatic rings. The number of benzene rings is 3. The van der Waals surface area contributed by atoms with Crippen molar-refractivity contribution >= 4 is 16.7 Å². The molecule has 0 fully saturated rings. The minimum atomic E-state index is -0.960. The van der Waals surface area contributed by atoms with Gasteiger partial charge in [0, 0.05) is 6.42 Å². The number of fused-ring (bicyclic) bond motifs is 1. The molecule has 0 aliphatic carbocycles. The second kappa shape index (κ2) is 6.53. The standard InChI is InChI=1S/C20H18O3/c1-14-6-8-15(9-7-14)12-19(20(21)22)23-18-11-10-16-4-2-3-5-17(16)13-18/h2-11,13,19H,12H2,1H3,(H,21,22)/t19-/m1/s1. The van der Waals surface area contributed by atoms with Gasteiger partial charge in [0.25, 0.3) is 0 Å². The Bertz CT molecular complexity index is 822. The van der Waals surface area contributed by atoms with Crippen molar-refractivity contribution in [1.82, 2.24) is 0 Å². The van der Waals surface area contributed by atoms with E-state index in [0.717, 1.165) is 21.9 Å². The number of rotatable bonds is 5. The molecule has 0 spiro atoms. The van der Waals surface area contributed by atoms with E-state index in [9.17, 15) is 9.90 Å². The summed E-state index contributed by atoms with van der Waals surface area (Å²) in [5, 5.41) is 11.6. The Morgan fingerprint density at radius 1 is 1.00 bits per heavy atom. The van der Waals surface area contributed by atoms with Gasteiger partial charge in [-0.25, -0.2) is 4.79 Å². The minimum absolute atomic E-state index is 0.336. The quantitative estimate of drug-likeness (QED) is 0.767. The van der Waals surface area contributed by atoms with Crippen LogP contribution in [0.25, 0.3) is 10.8 Å². The average molecular weight is 306 g/mol. The molecule has 0 amide bonds. The van der Waals surface area contributed by atoms with Crippen LogP contribution < -0.4 is 4.74 Å². The molecule has 23 heavy (non-hydrogen) atoms. The third kappa shape index (κ3) is 3.69. The third-order valence-corrected chi connectivity index (χ3v) is 3.82. The second-order valence-electron chi connectivity index (χ2n) is 5.64. The van der Waals surface area contributed by atoms with Crippen LogP contribution >= 0.6 is 0 Å². The average Bonchev–Trinajstić information content (AvgIpc) is 2.56. The zero-order valence-corrected chi connectivity index (χ0v) is 12.9. The Morgan fingerprint density at radius 3 is 2.39 bits per heavy atom. The number of carboxylic acids is 1. The zero-order valence-electron chi connectivity index (χ0n) is 12.9. The first-order valence-electron chi connectivity index (χ1n) is 7.55. The van der Waals surface area contributed by atoms with Crippen molar-refractivity contribution in [2.75, 3.05) is 0 Å². The van der Waals surface area contributed by atoms with Crippen LogP contribution in [0.15, 0.2) is 66.7 Å². The van der Waals surface area contributed by atoms with Crippen molar-refractivity contribution in [2.24, 2.45) is 0 Å². The normalized spacial score (nSPS) is 12.0. The van der Waals surface area contributed by atoms with Gasteiger partial charge in [-0.05, 0) is 35.4 Å². The maximum absolute atomic E-state index is 11.5. The largest absolute Gasteiger partial charge is 0.478 e. The van der Waals surface area contributed by atoms with E-state index in [4.69, 9.17) is 4.74 Å². The highest BCUT2D eigenvalue weighted by atomic mass is 16.5. The lowest BCUT2D eigenvalue weighted by atomic mass is 10.1. The molecule has 0 aromatic heterocycles. The molecule has 1 N–H and O–H groups in total. The summed E-state index contributed by atoms with van der Waals surface area (Å²) in [5.74, 6) is -0.387. The molecule has 0 radical (unpaired) electrons. The maximum Gasteiger partial charge on any atom is 0.345 e. The van der Waals surface area contributed by atoms with E-state index in [1.807, 2.05) is 73.7 Å². The van der Waals surface area contributed by atoms with Gasteiger partial charge in [0.1, 0.15) is 5.75 Å². The van der Waals surface area contributed by atoms with Gasteiger partial charge in [-0.15, -0.1) is 0 Å². The predicted octanol–water partition coefficient (Wildman–Crippen LogP) is 4.22. The summed E-state index contributed by atoms with van der Waals surface area (Å²) in [4.78, 5) is 11.5. The van der Waals surface area contributed by atoms with Crippen molar-refractivity contribution in [2.45, 2.75) is 19.4 Å². The van der Waals surface area contributed by atoms with Gasteiger partial charge in [0.05, 0.1) is 0 Å². The van der Waals surface area contributed by atoms with Gasteiger partial charge >= 0.3 is 5.97 Å². The summed E-state index contributed by atoms with van der Waals surface area (Å²) in [7, 11) is 0. The predicted molar refractivity (Wildman–Crippen MR) is 90.9 cm³/mol. The molecule has 0 aliphatic heterocycles. The molecule has 3 heteroatoms. The summed E-state index contributed by atoms with van der Waals surface area (Å²) >= 11 is 0. The molecule has 0 heterocycles. The molecular formula is C20H18O3. The van der Waals surface area contributed by atoms with Gasteiger partial charge in [-0.2, -0.15) is 0 Å². The topological polar surface area (TPSA) is 46.5 Å². The lowest BCUT2D eigenvalue weighted by Crippen LogP contribution is -2.29. The highest BCUT2D eigenvalue weighted by Gasteiger charge is 2.20. The number of ether oxygens (including phenoxy) is 1. The van der Waals surface area contributed by atoms with E-state index in [0.29, 0.717) is 12.2 Å². The Morgan fingerprint density at radius 2 is 1.70 bits per heavy atom. The summed E-state index contributed by atoms with van der Waals surface area (Å²) in [6.45, 7) is 2.00. The number of hydrogen-bond acceptors (Lipinski definition) is 2. The highest BCUT2D eigenvalue weighted by Crippen LogP contribution is 2.22. The van der Waals surface area contributed by atoms with E-state index in [1.54, 1.807) is 0 Å². The van der Waals surface area contributed by atoms with Gasteiger partial charge in [-0.1, -0.05) is 60.2 Å². The summed E-state index contributed by atoms with van der Waals surface area (Å²) in [6, 6.07) is 21.4. The van der Waals surface area contributed by atoms with Gasteiger partial charge in [-0.3, -0.25) is 0 Å². The van der Waals surface area contributed by atoms with Gasteiger partial charge in [0.15, 0.2) is 6.10 Å². The molecule has 1 atom stereocenters. The van der Waals surface area contributed by atoms with Crippen molar-refractivity contribution in [3.05, 3.63) is 77.9 Å². The van der Waals surface area contributed by atoms with Crippen molar-refractivity contribution in [3.63, 3.8) is 0 Å². The van der Waals surface area contributed by atoms with E-state index in [2.05, 4.69) is 0 Å². The number of hydrogen-bond donors (Lipinski definition) is 1. The molecule has 0 unspecified atom stereocenters. The van der Waals surface area contributed by atoms with E-state index in [-0.39, 0.29) is 0 Å². The molecule has 3 nitrogen and oxygen atoms in total. The lowest BCUT2D eigenvalue weighted by molar-refractivity contribution is -0.145. The molecule has 116 valence electrons. The minimum Gasteiger partial charge on any atom is -0.478 e. The maximum atomic E-state index is 11.5. The van der Waals surface area contributed by atoms with Crippen LogP contribution in [0.1, 0.15) is 11.1 Å². The number of aliphatic carboxylic acids is 1. The van der Waals surface area contributed by atoms with Crippen LogP contribution in [-0.2, 0) is 11.2 Å². The summed E-state index contributed by atoms with van der Waals surface area (Å²) in [6.07, 6.45) is -0.568. The number of aryl methyl sites for hydroxylation is 1. The smallest absolute Gasteiger partial charge is 0.345 e. The second-order valence-corrected chi connectivity index (χ2v) is 5.64. The van der Waals surface area contributed by atoms with Gasteiger partial charge in [0.2, 0.25) is 0 Å². The van der Waals surface area contributed by atoms with Crippen LogP contribution in [0.3, 0.4) is 0 Å². The Kier molecular flexibility index (Phi) is 4.29. The molecular weight excluding hydrogens is 288 g/mol. The number of carbonyl (C=O) groups is 1. The van der Waals surface area contributed by atoms with Crippen LogP contribution in [0, 0.1) is 6.92 Å². The first-order valence-corrected chi connectivity index (χ1v) is 7.55. The zero-order chi connectivity index (χ0) is 16.2. The van der Waals surface area contributed by atoms with Crippen molar-refractivity contribution in [1.29, 1.82) is 0 Å². The van der Waals surface area contributed by atoms with E-state index >= 15 is 0 Å². The summed E-state index contributed by atoms with van der Waals surface area (Å²) < 4.78 is 5.72. The van der Waals surface area contributed by atoms with Crippen LogP contribution in [-0.4, -0.2) is 17.2 Å². The molecule has 0 saturated carbocycles.